The topological polar surface area (TPSA) is 75.3 Å². The first-order chi connectivity index (χ1) is 11.6. The van der Waals surface area contributed by atoms with Crippen LogP contribution in [0.3, 0.4) is 0 Å². The number of halogens is 4. The average Bonchev–Trinajstić information content (AvgIpc) is 2.56. The summed E-state index contributed by atoms with van der Waals surface area (Å²) in [5.41, 5.74) is -0.0803. The molecule has 0 atom stereocenters. The lowest BCUT2D eigenvalue weighted by Crippen LogP contribution is -2.33. The Balaban J connectivity index is 2.06. The number of hydrogen-bond donors (Lipinski definition) is 2. The summed E-state index contributed by atoms with van der Waals surface area (Å²) in [5.74, 6) is -5.69. The summed E-state index contributed by atoms with van der Waals surface area (Å²) in [6, 6.07) is 5.42. The van der Waals surface area contributed by atoms with Gasteiger partial charge in [-0.25, -0.2) is 26.3 Å². The molecular formula is C15H12ClF3N2O3S. The predicted octanol–water partition coefficient (Wildman–Crippen LogP) is 2.98. The summed E-state index contributed by atoms with van der Waals surface area (Å²) in [6.45, 7) is 0.877. The Morgan fingerprint density at radius 2 is 1.80 bits per heavy atom. The van der Waals surface area contributed by atoms with Gasteiger partial charge in [-0.15, -0.1) is 0 Å². The van der Waals surface area contributed by atoms with Crippen LogP contribution in [0.5, 0.6) is 0 Å². The quantitative estimate of drug-likeness (QED) is 0.768. The molecule has 0 aliphatic carbocycles. The molecule has 0 saturated carbocycles. The highest BCUT2D eigenvalue weighted by Crippen LogP contribution is 2.20. The van der Waals surface area contributed by atoms with E-state index in [-0.39, 0.29) is 4.90 Å². The fourth-order valence-electron chi connectivity index (χ4n) is 1.85. The van der Waals surface area contributed by atoms with Crippen LogP contribution in [0.25, 0.3) is 0 Å². The largest absolute Gasteiger partial charge is 0.322 e. The lowest BCUT2D eigenvalue weighted by Gasteiger charge is -2.10. The second-order valence-electron chi connectivity index (χ2n) is 5.01. The highest BCUT2D eigenvalue weighted by Gasteiger charge is 2.18. The summed E-state index contributed by atoms with van der Waals surface area (Å²) >= 11 is 5.82. The number of amides is 1. The van der Waals surface area contributed by atoms with Crippen LogP contribution >= 0.6 is 11.6 Å². The van der Waals surface area contributed by atoms with Gasteiger partial charge in [0.25, 0.3) is 0 Å². The zero-order valence-electron chi connectivity index (χ0n) is 12.7. The predicted molar refractivity (Wildman–Crippen MR) is 86.3 cm³/mol. The zero-order valence-corrected chi connectivity index (χ0v) is 14.3. The van der Waals surface area contributed by atoms with Crippen LogP contribution in [-0.4, -0.2) is 20.9 Å². The fourth-order valence-corrected chi connectivity index (χ4v) is 3.03. The third kappa shape index (κ3) is 4.50. The van der Waals surface area contributed by atoms with Crippen molar-refractivity contribution in [3.05, 3.63) is 58.4 Å². The van der Waals surface area contributed by atoms with Crippen molar-refractivity contribution in [3.8, 4) is 0 Å². The number of hydrogen-bond acceptors (Lipinski definition) is 3. The van der Waals surface area contributed by atoms with E-state index < -0.39 is 45.6 Å². The standard InChI is InChI=1S/C15H12ClF3N2O3S/c1-8-6-9(2-3-10(8)16)25(23,24)20-7-13(22)21-12-5-4-11(17)14(18)15(12)19/h2-6,20H,7H2,1H3,(H,21,22). The maximum absolute atomic E-state index is 13.5. The molecule has 0 aliphatic heterocycles. The minimum Gasteiger partial charge on any atom is -0.322 e. The SMILES string of the molecule is Cc1cc(S(=O)(=O)NCC(=O)Nc2ccc(F)c(F)c2F)ccc1Cl. The number of sulfonamides is 1. The average molecular weight is 393 g/mol. The number of rotatable bonds is 5. The van der Waals surface area contributed by atoms with Gasteiger partial charge in [0.05, 0.1) is 17.1 Å². The van der Waals surface area contributed by atoms with Crippen LogP contribution in [0.4, 0.5) is 18.9 Å². The minimum absolute atomic E-state index is 0.110. The van der Waals surface area contributed by atoms with E-state index in [2.05, 4.69) is 0 Å². The molecule has 25 heavy (non-hydrogen) atoms. The molecule has 2 aromatic rings. The Hall–Kier alpha value is -2.10. The molecule has 0 aliphatic rings. The molecule has 0 heterocycles. The Morgan fingerprint density at radius 1 is 1.12 bits per heavy atom. The summed E-state index contributed by atoms with van der Waals surface area (Å²) in [4.78, 5) is 11.6. The van der Waals surface area contributed by atoms with E-state index in [0.717, 1.165) is 6.07 Å². The molecule has 2 N–H and O–H groups in total. The molecular weight excluding hydrogens is 381 g/mol. The van der Waals surface area contributed by atoms with Gasteiger partial charge < -0.3 is 5.32 Å². The zero-order chi connectivity index (χ0) is 18.8. The summed E-state index contributed by atoms with van der Waals surface area (Å²) in [5, 5.41) is 2.33. The van der Waals surface area contributed by atoms with E-state index in [4.69, 9.17) is 11.6 Å². The molecule has 0 unspecified atom stereocenters. The van der Waals surface area contributed by atoms with E-state index >= 15 is 0 Å². The third-order valence-corrected chi connectivity index (χ3v) is 4.99. The lowest BCUT2D eigenvalue weighted by atomic mass is 10.2. The van der Waals surface area contributed by atoms with Gasteiger partial charge in [-0.3, -0.25) is 4.79 Å². The Kier molecular flexibility index (Phi) is 5.71. The highest BCUT2D eigenvalue weighted by molar-refractivity contribution is 7.89. The number of benzene rings is 2. The first-order valence-electron chi connectivity index (χ1n) is 6.81. The lowest BCUT2D eigenvalue weighted by molar-refractivity contribution is -0.115. The molecule has 0 aromatic heterocycles. The molecule has 10 heteroatoms. The Morgan fingerprint density at radius 3 is 2.44 bits per heavy atom. The van der Waals surface area contributed by atoms with Gasteiger partial charge in [-0.2, -0.15) is 0 Å². The van der Waals surface area contributed by atoms with Gasteiger partial charge in [-0.05, 0) is 42.8 Å². The van der Waals surface area contributed by atoms with Crippen molar-refractivity contribution in [2.45, 2.75) is 11.8 Å². The van der Waals surface area contributed by atoms with Crippen molar-refractivity contribution in [1.29, 1.82) is 0 Å². The molecule has 5 nitrogen and oxygen atoms in total. The monoisotopic (exact) mass is 392 g/mol. The van der Waals surface area contributed by atoms with Crippen LogP contribution < -0.4 is 10.0 Å². The van der Waals surface area contributed by atoms with Crippen molar-refractivity contribution in [2.75, 3.05) is 11.9 Å². The third-order valence-electron chi connectivity index (χ3n) is 3.17. The van der Waals surface area contributed by atoms with Gasteiger partial charge in [0, 0.05) is 5.02 Å². The molecule has 0 bridgehead atoms. The molecule has 0 spiro atoms. The number of carbonyl (C=O) groups excluding carboxylic acids is 1. The van der Waals surface area contributed by atoms with Gasteiger partial charge >= 0.3 is 0 Å². The van der Waals surface area contributed by atoms with Crippen LogP contribution in [0.1, 0.15) is 5.56 Å². The maximum Gasteiger partial charge on any atom is 0.241 e. The fraction of sp³-hybridized carbons (Fsp3) is 0.133. The molecule has 0 saturated heterocycles. The van der Waals surface area contributed by atoms with Crippen molar-refractivity contribution in [1.82, 2.24) is 4.72 Å². The van der Waals surface area contributed by atoms with Crippen LogP contribution in [0, 0.1) is 24.4 Å². The van der Waals surface area contributed by atoms with E-state index in [9.17, 15) is 26.4 Å². The van der Waals surface area contributed by atoms with E-state index in [1.165, 1.54) is 18.2 Å². The number of aryl methyl sites for hydroxylation is 1. The number of anilines is 1. The van der Waals surface area contributed by atoms with Crippen molar-refractivity contribution >= 4 is 33.2 Å². The van der Waals surface area contributed by atoms with Gasteiger partial charge in [0.2, 0.25) is 15.9 Å². The minimum atomic E-state index is -4.01. The second kappa shape index (κ2) is 7.42. The second-order valence-corrected chi connectivity index (χ2v) is 7.18. The molecule has 0 radical (unpaired) electrons. The number of carbonyl (C=O) groups is 1. The normalized spacial score (nSPS) is 11.4. The van der Waals surface area contributed by atoms with Crippen LogP contribution in [0.2, 0.25) is 5.02 Å². The first-order valence-corrected chi connectivity index (χ1v) is 8.67. The first kappa shape index (κ1) is 19.2. The molecule has 2 rings (SSSR count). The smallest absolute Gasteiger partial charge is 0.241 e. The van der Waals surface area contributed by atoms with Crippen LogP contribution in [0.15, 0.2) is 35.2 Å². The highest BCUT2D eigenvalue weighted by atomic mass is 35.5. The Labute approximate surface area is 146 Å². The van der Waals surface area contributed by atoms with Gasteiger partial charge in [0.15, 0.2) is 17.5 Å². The van der Waals surface area contributed by atoms with Crippen molar-refractivity contribution in [2.24, 2.45) is 0 Å². The van der Waals surface area contributed by atoms with Gasteiger partial charge in [-0.1, -0.05) is 11.6 Å². The molecule has 134 valence electrons. The molecule has 0 fully saturated rings. The number of nitrogens with one attached hydrogen (secondary N) is 2. The van der Waals surface area contributed by atoms with Gasteiger partial charge in [0.1, 0.15) is 0 Å². The maximum atomic E-state index is 13.5. The Bertz CT molecular complexity index is 936. The van der Waals surface area contributed by atoms with Crippen LogP contribution in [-0.2, 0) is 14.8 Å². The summed E-state index contributed by atoms with van der Waals surface area (Å²) in [6.07, 6.45) is 0. The molecule has 2 aromatic carbocycles. The van der Waals surface area contributed by atoms with Crippen molar-refractivity contribution < 1.29 is 26.4 Å². The van der Waals surface area contributed by atoms with E-state index in [1.54, 1.807) is 6.92 Å². The summed E-state index contributed by atoms with van der Waals surface area (Å²) in [7, 11) is -4.01. The van der Waals surface area contributed by atoms with E-state index in [0.29, 0.717) is 16.7 Å². The van der Waals surface area contributed by atoms with Crippen molar-refractivity contribution in [3.63, 3.8) is 0 Å². The molecule has 1 amide bonds. The van der Waals surface area contributed by atoms with E-state index in [1.807, 2.05) is 10.0 Å². The summed E-state index contributed by atoms with van der Waals surface area (Å²) < 4.78 is 65.6.